The van der Waals surface area contributed by atoms with Gasteiger partial charge in [0, 0.05) is 80.1 Å². The predicted molar refractivity (Wildman–Crippen MR) is 147 cm³/mol. The van der Waals surface area contributed by atoms with Crippen LogP contribution >= 0.6 is 0 Å². The summed E-state index contributed by atoms with van der Waals surface area (Å²) in [6, 6.07) is 11.8. The Balaban J connectivity index is 1.50. The van der Waals surface area contributed by atoms with Gasteiger partial charge < -0.3 is 25.2 Å². The van der Waals surface area contributed by atoms with E-state index in [0.29, 0.717) is 43.1 Å². The fourth-order valence-corrected chi connectivity index (χ4v) is 5.54. The second-order valence-electron chi connectivity index (χ2n) is 10.0. The van der Waals surface area contributed by atoms with Crippen LogP contribution in [0.2, 0.25) is 0 Å². The molecule has 4 heterocycles. The van der Waals surface area contributed by atoms with E-state index in [-0.39, 0.29) is 12.1 Å². The summed E-state index contributed by atoms with van der Waals surface area (Å²) in [4.78, 5) is 20.4. The Hall–Kier alpha value is -4.41. The van der Waals surface area contributed by atoms with Crippen LogP contribution in [-0.2, 0) is 11.2 Å². The highest BCUT2D eigenvalue weighted by Gasteiger charge is 2.31. The number of amidine groups is 1. The van der Waals surface area contributed by atoms with Gasteiger partial charge in [-0.15, -0.1) is 0 Å². The van der Waals surface area contributed by atoms with Crippen molar-refractivity contribution in [2.45, 2.75) is 38.1 Å². The maximum Gasteiger partial charge on any atom is 0.317 e. The zero-order valence-corrected chi connectivity index (χ0v) is 22.1. The number of pyridine rings is 1. The lowest BCUT2D eigenvalue weighted by atomic mass is 9.92. The predicted octanol–water partition coefficient (Wildman–Crippen LogP) is 3.29. The van der Waals surface area contributed by atoms with Crippen LogP contribution in [0.1, 0.15) is 42.5 Å². The average molecular weight is 525 g/mol. The summed E-state index contributed by atoms with van der Waals surface area (Å²) in [5.74, 6) is 0.357. The van der Waals surface area contributed by atoms with Crippen molar-refractivity contribution in [1.82, 2.24) is 20.5 Å². The number of rotatable bonds is 4. The molecule has 0 radical (unpaired) electrons. The van der Waals surface area contributed by atoms with Crippen LogP contribution < -0.4 is 15.5 Å². The average Bonchev–Trinajstić information content (AvgIpc) is 3.00. The number of hydrogen-bond acceptors (Lipinski definition) is 7. The third-order valence-corrected chi connectivity index (χ3v) is 7.65. The lowest BCUT2D eigenvalue weighted by molar-refractivity contribution is 0.0798. The first-order valence-corrected chi connectivity index (χ1v) is 13.3. The molecule has 0 aliphatic carbocycles. The fraction of sp³-hybridized carbons (Fsp3) is 0.414. The van der Waals surface area contributed by atoms with Crippen LogP contribution in [0.5, 0.6) is 0 Å². The highest BCUT2D eigenvalue weighted by atomic mass is 16.5. The van der Waals surface area contributed by atoms with Gasteiger partial charge in [0.1, 0.15) is 17.6 Å². The van der Waals surface area contributed by atoms with Crippen molar-refractivity contribution < 1.29 is 9.53 Å². The number of aromatic nitrogens is 1. The number of hydrogen-bond donors (Lipinski definition) is 3. The number of nitriles is 2. The van der Waals surface area contributed by atoms with Crippen molar-refractivity contribution in [1.29, 1.82) is 15.9 Å². The van der Waals surface area contributed by atoms with E-state index >= 15 is 0 Å². The summed E-state index contributed by atoms with van der Waals surface area (Å²) in [7, 11) is 1.62. The summed E-state index contributed by atoms with van der Waals surface area (Å²) < 4.78 is 5.52. The Morgan fingerprint density at radius 1 is 1.15 bits per heavy atom. The molecule has 3 N–H and O–H groups in total. The van der Waals surface area contributed by atoms with Crippen molar-refractivity contribution in [2.75, 3.05) is 44.8 Å². The van der Waals surface area contributed by atoms with Gasteiger partial charge in [0.05, 0.1) is 18.2 Å². The van der Waals surface area contributed by atoms with Crippen molar-refractivity contribution in [3.63, 3.8) is 0 Å². The molecule has 0 unspecified atom stereocenters. The second kappa shape index (κ2) is 11.5. The van der Waals surface area contributed by atoms with Gasteiger partial charge in [-0.2, -0.15) is 10.5 Å². The van der Waals surface area contributed by atoms with Crippen molar-refractivity contribution >= 4 is 17.6 Å². The number of carbonyl (C=O) groups is 1. The highest BCUT2D eigenvalue weighted by Crippen LogP contribution is 2.36. The molecule has 200 valence electrons. The molecule has 5 rings (SSSR count). The number of carbonyl (C=O) groups excluding carboxylic acids is 1. The molecule has 10 nitrogen and oxygen atoms in total. The van der Waals surface area contributed by atoms with Gasteiger partial charge in [-0.3, -0.25) is 5.41 Å². The van der Waals surface area contributed by atoms with E-state index in [1.165, 1.54) is 0 Å². The molecule has 2 aromatic rings. The summed E-state index contributed by atoms with van der Waals surface area (Å²) >= 11 is 0. The number of aryl methyl sites for hydroxylation is 1. The Kier molecular flexibility index (Phi) is 7.76. The zero-order valence-electron chi connectivity index (χ0n) is 22.1. The van der Waals surface area contributed by atoms with Crippen LogP contribution in [0, 0.1) is 28.1 Å². The number of fused-ring (bicyclic) bond motifs is 1. The van der Waals surface area contributed by atoms with Gasteiger partial charge in [-0.1, -0.05) is 0 Å². The molecule has 0 saturated carbocycles. The Morgan fingerprint density at radius 3 is 2.67 bits per heavy atom. The minimum atomic E-state index is -0.156. The highest BCUT2D eigenvalue weighted by molar-refractivity contribution is 6.09. The largest absolute Gasteiger partial charge is 0.385 e. The molecule has 0 bridgehead atoms. The van der Waals surface area contributed by atoms with E-state index in [2.05, 4.69) is 21.7 Å². The monoisotopic (exact) mass is 524 g/mol. The first-order chi connectivity index (χ1) is 19.0. The van der Waals surface area contributed by atoms with Gasteiger partial charge in [0.25, 0.3) is 0 Å². The maximum absolute atomic E-state index is 12.5. The molecular formula is C29H32N8O2. The number of nitrogens with one attached hydrogen (secondary N) is 3. The number of benzene rings is 1. The van der Waals surface area contributed by atoms with Crippen molar-refractivity contribution in [3.05, 3.63) is 58.6 Å². The van der Waals surface area contributed by atoms with Gasteiger partial charge in [-0.05, 0) is 55.5 Å². The quantitative estimate of drug-likeness (QED) is 0.412. The van der Waals surface area contributed by atoms with E-state index in [9.17, 15) is 15.5 Å². The second-order valence-corrected chi connectivity index (χ2v) is 10.0. The van der Waals surface area contributed by atoms with Crippen LogP contribution in [0.3, 0.4) is 0 Å². The van der Waals surface area contributed by atoms with Crippen molar-refractivity contribution in [2.24, 2.45) is 0 Å². The lowest BCUT2D eigenvalue weighted by Crippen LogP contribution is -2.48. The Bertz CT molecular complexity index is 1380. The number of anilines is 1. The summed E-state index contributed by atoms with van der Waals surface area (Å²) in [6.45, 7) is 3.02. The van der Waals surface area contributed by atoms with Crippen LogP contribution in [0.25, 0.3) is 11.1 Å². The number of ether oxygens (including phenoxy) is 1. The summed E-state index contributed by atoms with van der Waals surface area (Å²) in [6.07, 6.45) is 5.79. The molecular weight excluding hydrogens is 492 g/mol. The minimum Gasteiger partial charge on any atom is -0.385 e. The standard InChI is InChI=1S/C29H32N8O2/c1-33-29(38)36-10-6-26(35-22-7-11-39-12-8-22)25(18-36)28(32)37-9-2-3-19-13-24(21(15-30)14-27(19)37)20-4-5-23(16-31)34-17-20/h4-5,13-14,17,22,32,35H,2-3,6-12,18H2,1H3,(H,33,38). The molecule has 3 aliphatic heterocycles. The van der Waals surface area contributed by atoms with Gasteiger partial charge in [0.2, 0.25) is 0 Å². The molecule has 1 saturated heterocycles. The van der Waals surface area contributed by atoms with E-state index in [1.807, 2.05) is 29.2 Å². The van der Waals surface area contributed by atoms with Crippen LogP contribution in [0.15, 0.2) is 41.7 Å². The van der Waals surface area contributed by atoms with E-state index in [1.54, 1.807) is 24.2 Å². The van der Waals surface area contributed by atoms with E-state index in [0.717, 1.165) is 72.5 Å². The van der Waals surface area contributed by atoms with E-state index < -0.39 is 0 Å². The van der Waals surface area contributed by atoms with Crippen molar-refractivity contribution in [3.8, 4) is 23.3 Å². The lowest BCUT2D eigenvalue weighted by Gasteiger charge is -2.38. The SMILES string of the molecule is CNC(=O)N1CCC(NC2CCOCC2)=C(C(=N)N2CCCc3cc(-c4ccc(C#N)nc4)c(C#N)cc32)C1. The summed E-state index contributed by atoms with van der Waals surface area (Å²) in [5.41, 5.74) is 6.09. The topological polar surface area (TPSA) is 141 Å². The smallest absolute Gasteiger partial charge is 0.317 e. The number of urea groups is 1. The van der Waals surface area contributed by atoms with Gasteiger partial charge in [0.15, 0.2) is 0 Å². The molecule has 1 fully saturated rings. The molecule has 0 atom stereocenters. The Morgan fingerprint density at radius 2 is 1.97 bits per heavy atom. The molecule has 10 heteroatoms. The first kappa shape index (κ1) is 26.2. The van der Waals surface area contributed by atoms with Gasteiger partial charge >= 0.3 is 6.03 Å². The van der Waals surface area contributed by atoms with Gasteiger partial charge in [-0.25, -0.2) is 9.78 Å². The molecule has 2 amide bonds. The van der Waals surface area contributed by atoms with E-state index in [4.69, 9.17) is 10.00 Å². The van der Waals surface area contributed by atoms with Crippen LogP contribution in [-0.4, -0.2) is 67.7 Å². The van der Waals surface area contributed by atoms with Crippen LogP contribution in [0.4, 0.5) is 10.5 Å². The summed E-state index contributed by atoms with van der Waals surface area (Å²) in [5, 5.41) is 34.9. The fourth-order valence-electron chi connectivity index (χ4n) is 5.54. The minimum absolute atomic E-state index is 0.156. The number of amides is 2. The third-order valence-electron chi connectivity index (χ3n) is 7.65. The molecule has 1 aromatic heterocycles. The maximum atomic E-state index is 12.5. The Labute approximate surface area is 228 Å². The molecule has 39 heavy (non-hydrogen) atoms. The molecule has 3 aliphatic rings. The zero-order chi connectivity index (χ0) is 27.4. The third kappa shape index (κ3) is 5.43. The first-order valence-electron chi connectivity index (χ1n) is 13.3. The number of nitrogens with zero attached hydrogens (tertiary/aromatic N) is 5. The molecule has 0 spiro atoms. The normalized spacial score (nSPS) is 17.6. The molecule has 1 aromatic carbocycles.